The lowest BCUT2D eigenvalue weighted by molar-refractivity contribution is 0.414. The lowest BCUT2D eigenvalue weighted by Crippen LogP contribution is -2.22. The molecule has 1 N–H and O–H groups in total. The Bertz CT molecular complexity index is 509. The Balaban J connectivity index is 2.16. The Morgan fingerprint density at radius 1 is 1.26 bits per heavy atom. The molecule has 0 saturated heterocycles. The minimum absolute atomic E-state index is 0.339. The summed E-state index contributed by atoms with van der Waals surface area (Å²) in [6, 6.07) is 10.7. The van der Waals surface area contributed by atoms with Crippen LogP contribution in [0.15, 0.2) is 40.2 Å². The third-order valence-electron chi connectivity index (χ3n) is 3.05. The molecule has 19 heavy (non-hydrogen) atoms. The first-order chi connectivity index (χ1) is 9.24. The van der Waals surface area contributed by atoms with Gasteiger partial charge in [-0.15, -0.1) is 11.3 Å². The molecule has 1 heterocycles. The van der Waals surface area contributed by atoms with Gasteiger partial charge in [-0.1, -0.05) is 19.1 Å². The third-order valence-corrected chi connectivity index (χ3v) is 5.00. The average Bonchev–Trinajstić information content (AvgIpc) is 2.84. The standard InChI is InChI=1S/C15H18BrNOS/c1-3-17-14(10-15-13(16)8-9-19-15)11-4-6-12(18-2)7-5-11/h4-9,14,17H,3,10H2,1-2H3. The lowest BCUT2D eigenvalue weighted by atomic mass is 10.0. The van der Waals surface area contributed by atoms with Crippen LogP contribution in [0.1, 0.15) is 23.4 Å². The Morgan fingerprint density at radius 2 is 2.00 bits per heavy atom. The second-order valence-electron chi connectivity index (χ2n) is 4.28. The summed E-state index contributed by atoms with van der Waals surface area (Å²) < 4.78 is 6.41. The first-order valence-corrected chi connectivity index (χ1v) is 8.01. The van der Waals surface area contributed by atoms with E-state index in [2.05, 4.69) is 51.7 Å². The molecule has 0 spiro atoms. The zero-order chi connectivity index (χ0) is 13.7. The Hall–Kier alpha value is -0.840. The molecule has 102 valence electrons. The number of hydrogen-bond donors (Lipinski definition) is 1. The van der Waals surface area contributed by atoms with Gasteiger partial charge >= 0.3 is 0 Å². The van der Waals surface area contributed by atoms with Crippen molar-refractivity contribution in [1.82, 2.24) is 5.32 Å². The summed E-state index contributed by atoms with van der Waals surface area (Å²) in [6.07, 6.45) is 0.998. The molecule has 2 nitrogen and oxygen atoms in total. The van der Waals surface area contributed by atoms with Gasteiger partial charge in [-0.3, -0.25) is 0 Å². The predicted molar refractivity (Wildman–Crippen MR) is 85.1 cm³/mol. The molecule has 0 fully saturated rings. The van der Waals surface area contributed by atoms with Crippen molar-refractivity contribution in [3.63, 3.8) is 0 Å². The fraction of sp³-hybridized carbons (Fsp3) is 0.333. The molecule has 2 aromatic rings. The van der Waals surface area contributed by atoms with Crippen LogP contribution < -0.4 is 10.1 Å². The van der Waals surface area contributed by atoms with E-state index in [1.807, 2.05) is 12.1 Å². The highest BCUT2D eigenvalue weighted by Gasteiger charge is 2.13. The van der Waals surface area contributed by atoms with Crippen molar-refractivity contribution < 1.29 is 4.74 Å². The molecule has 1 atom stereocenters. The Labute approximate surface area is 126 Å². The number of rotatable bonds is 6. The van der Waals surface area contributed by atoms with E-state index in [0.717, 1.165) is 18.7 Å². The lowest BCUT2D eigenvalue weighted by Gasteiger charge is -2.18. The maximum absolute atomic E-state index is 5.21. The summed E-state index contributed by atoms with van der Waals surface area (Å²) in [5.74, 6) is 0.899. The van der Waals surface area contributed by atoms with Crippen LogP contribution in [0.2, 0.25) is 0 Å². The van der Waals surface area contributed by atoms with Gasteiger partial charge in [-0.25, -0.2) is 0 Å². The maximum atomic E-state index is 5.21. The van der Waals surface area contributed by atoms with Crippen LogP contribution in [0.5, 0.6) is 5.75 Å². The molecule has 0 bridgehead atoms. The summed E-state index contributed by atoms with van der Waals surface area (Å²) in [5, 5.41) is 5.67. The zero-order valence-electron chi connectivity index (χ0n) is 11.2. The van der Waals surface area contributed by atoms with E-state index >= 15 is 0 Å². The van der Waals surface area contributed by atoms with E-state index in [9.17, 15) is 0 Å². The summed E-state index contributed by atoms with van der Waals surface area (Å²) in [6.45, 7) is 3.10. The van der Waals surface area contributed by atoms with Gasteiger partial charge in [0.25, 0.3) is 0 Å². The van der Waals surface area contributed by atoms with Crippen molar-refractivity contribution in [2.24, 2.45) is 0 Å². The fourth-order valence-electron chi connectivity index (χ4n) is 2.05. The van der Waals surface area contributed by atoms with Crippen molar-refractivity contribution >= 4 is 27.3 Å². The van der Waals surface area contributed by atoms with E-state index in [-0.39, 0.29) is 0 Å². The van der Waals surface area contributed by atoms with Crippen LogP contribution in [0.3, 0.4) is 0 Å². The number of nitrogens with one attached hydrogen (secondary N) is 1. The third kappa shape index (κ3) is 3.81. The molecule has 0 radical (unpaired) electrons. The first-order valence-electron chi connectivity index (χ1n) is 6.33. The Morgan fingerprint density at radius 3 is 2.53 bits per heavy atom. The van der Waals surface area contributed by atoms with Crippen LogP contribution in [-0.4, -0.2) is 13.7 Å². The van der Waals surface area contributed by atoms with E-state index < -0.39 is 0 Å². The molecule has 1 aromatic heterocycles. The summed E-state index contributed by atoms with van der Waals surface area (Å²) in [5.41, 5.74) is 1.29. The molecule has 0 aliphatic carbocycles. The van der Waals surface area contributed by atoms with E-state index in [0.29, 0.717) is 6.04 Å². The van der Waals surface area contributed by atoms with Gasteiger partial charge in [-0.05, 0) is 51.6 Å². The number of hydrogen-bond acceptors (Lipinski definition) is 3. The molecule has 0 saturated carbocycles. The molecule has 2 rings (SSSR count). The van der Waals surface area contributed by atoms with Gasteiger partial charge in [0.1, 0.15) is 5.75 Å². The summed E-state index contributed by atoms with van der Waals surface area (Å²) in [4.78, 5) is 1.38. The molecule has 0 amide bonds. The van der Waals surface area contributed by atoms with Crippen molar-refractivity contribution in [2.75, 3.05) is 13.7 Å². The van der Waals surface area contributed by atoms with E-state index in [1.165, 1.54) is 14.9 Å². The highest BCUT2D eigenvalue weighted by atomic mass is 79.9. The van der Waals surface area contributed by atoms with Crippen LogP contribution in [-0.2, 0) is 6.42 Å². The summed E-state index contributed by atoms with van der Waals surface area (Å²) >= 11 is 5.40. The minimum Gasteiger partial charge on any atom is -0.497 e. The van der Waals surface area contributed by atoms with Crippen molar-refractivity contribution in [1.29, 1.82) is 0 Å². The SMILES string of the molecule is CCNC(Cc1sccc1Br)c1ccc(OC)cc1. The summed E-state index contributed by atoms with van der Waals surface area (Å²) in [7, 11) is 1.69. The molecular formula is C15H18BrNOS. The number of ether oxygens (including phenoxy) is 1. The van der Waals surface area contributed by atoms with Gasteiger partial charge < -0.3 is 10.1 Å². The van der Waals surface area contributed by atoms with Gasteiger partial charge in [0.2, 0.25) is 0 Å². The average molecular weight is 340 g/mol. The van der Waals surface area contributed by atoms with Crippen LogP contribution >= 0.6 is 27.3 Å². The highest BCUT2D eigenvalue weighted by molar-refractivity contribution is 9.10. The van der Waals surface area contributed by atoms with Crippen molar-refractivity contribution in [3.8, 4) is 5.75 Å². The van der Waals surface area contributed by atoms with E-state index in [1.54, 1.807) is 18.4 Å². The molecule has 4 heteroatoms. The zero-order valence-corrected chi connectivity index (χ0v) is 13.6. The largest absolute Gasteiger partial charge is 0.497 e. The van der Waals surface area contributed by atoms with Gasteiger partial charge in [-0.2, -0.15) is 0 Å². The molecular weight excluding hydrogens is 322 g/mol. The molecule has 0 aliphatic heterocycles. The minimum atomic E-state index is 0.339. The number of halogens is 1. The molecule has 1 aromatic carbocycles. The quantitative estimate of drug-likeness (QED) is 0.841. The molecule has 1 unspecified atom stereocenters. The van der Waals surface area contributed by atoms with Crippen LogP contribution in [0.25, 0.3) is 0 Å². The number of methoxy groups -OCH3 is 1. The Kier molecular flexibility index (Phi) is 5.43. The van der Waals surface area contributed by atoms with Gasteiger partial charge in [0, 0.05) is 21.8 Å². The molecule has 0 aliphatic rings. The van der Waals surface area contributed by atoms with Crippen molar-refractivity contribution in [2.45, 2.75) is 19.4 Å². The number of likely N-dealkylation sites (N-methyl/N-ethyl adjacent to an activating group) is 1. The maximum Gasteiger partial charge on any atom is 0.118 e. The topological polar surface area (TPSA) is 21.3 Å². The van der Waals surface area contributed by atoms with Crippen molar-refractivity contribution in [3.05, 3.63) is 50.6 Å². The van der Waals surface area contributed by atoms with Crippen LogP contribution in [0, 0.1) is 0 Å². The fourth-order valence-corrected chi connectivity index (χ4v) is 3.61. The van der Waals surface area contributed by atoms with Gasteiger partial charge in [0.05, 0.1) is 7.11 Å². The number of thiophene rings is 1. The highest BCUT2D eigenvalue weighted by Crippen LogP contribution is 2.28. The van der Waals surface area contributed by atoms with E-state index in [4.69, 9.17) is 4.74 Å². The second kappa shape index (κ2) is 7.08. The predicted octanol–water partition coefficient (Wildman–Crippen LogP) is 4.41. The first kappa shape index (κ1) is 14.6. The second-order valence-corrected chi connectivity index (χ2v) is 6.13. The van der Waals surface area contributed by atoms with Gasteiger partial charge in [0.15, 0.2) is 0 Å². The monoisotopic (exact) mass is 339 g/mol. The number of benzene rings is 1. The van der Waals surface area contributed by atoms with Crippen LogP contribution in [0.4, 0.5) is 0 Å². The smallest absolute Gasteiger partial charge is 0.118 e. The normalized spacial score (nSPS) is 12.4.